The van der Waals surface area contributed by atoms with Crippen LogP contribution in [0.15, 0.2) is 6.07 Å². The second kappa shape index (κ2) is 4.91. The van der Waals surface area contributed by atoms with Crippen LogP contribution in [0.25, 0.3) is 0 Å². The number of rotatable bonds is 2. The van der Waals surface area contributed by atoms with Crippen molar-refractivity contribution in [2.45, 2.75) is 39.2 Å². The van der Waals surface area contributed by atoms with E-state index >= 15 is 0 Å². The summed E-state index contributed by atoms with van der Waals surface area (Å²) in [7, 11) is 0. The molecule has 3 unspecified atom stereocenters. The monoisotopic (exact) mass is 278 g/mol. The Morgan fingerprint density at radius 2 is 2.26 bits per heavy atom. The fourth-order valence-corrected chi connectivity index (χ4v) is 4.69. The summed E-state index contributed by atoms with van der Waals surface area (Å²) < 4.78 is 0. The molecular weight excluding hydrogens is 256 g/mol. The number of thiophene rings is 1. The lowest BCUT2D eigenvalue weighted by Crippen LogP contribution is -2.33. The molecule has 4 heteroatoms. The quantitative estimate of drug-likeness (QED) is 0.903. The Balaban J connectivity index is 1.74. The summed E-state index contributed by atoms with van der Waals surface area (Å²) in [6.07, 6.45) is 3.34. The smallest absolute Gasteiger partial charge is 0.263 e. The van der Waals surface area contributed by atoms with Gasteiger partial charge in [-0.05, 0) is 49.7 Å². The van der Waals surface area contributed by atoms with Crippen molar-refractivity contribution in [2.24, 2.45) is 17.6 Å². The lowest BCUT2D eigenvalue weighted by atomic mass is 9.98. The molecule has 0 spiro atoms. The Hall–Kier alpha value is -0.870. The molecule has 2 heterocycles. The van der Waals surface area contributed by atoms with Crippen molar-refractivity contribution in [3.8, 4) is 0 Å². The second-order valence-corrected chi connectivity index (χ2v) is 7.08. The number of hydrogen-bond donors (Lipinski definition) is 1. The van der Waals surface area contributed by atoms with Crippen LogP contribution >= 0.6 is 11.3 Å². The van der Waals surface area contributed by atoms with E-state index in [1.807, 2.05) is 4.90 Å². The summed E-state index contributed by atoms with van der Waals surface area (Å²) in [6, 6.07) is 2.36. The second-order valence-electron chi connectivity index (χ2n) is 5.95. The Morgan fingerprint density at radius 1 is 1.47 bits per heavy atom. The van der Waals surface area contributed by atoms with Crippen LogP contribution < -0.4 is 5.73 Å². The van der Waals surface area contributed by atoms with Gasteiger partial charge in [0, 0.05) is 24.0 Å². The third-order valence-corrected chi connectivity index (χ3v) is 6.12. The maximum atomic E-state index is 12.6. The summed E-state index contributed by atoms with van der Waals surface area (Å²) in [5, 5.41) is 0. The van der Waals surface area contributed by atoms with Crippen molar-refractivity contribution in [3.05, 3.63) is 21.4 Å². The van der Waals surface area contributed by atoms with E-state index in [9.17, 15) is 4.79 Å². The Labute approximate surface area is 118 Å². The highest BCUT2D eigenvalue weighted by Gasteiger charge is 2.42. The number of fused-ring (bicyclic) bond motifs is 1. The minimum absolute atomic E-state index is 0.217. The van der Waals surface area contributed by atoms with E-state index in [1.54, 1.807) is 11.3 Å². The van der Waals surface area contributed by atoms with E-state index in [1.165, 1.54) is 16.9 Å². The number of nitrogens with two attached hydrogens (primary N) is 1. The van der Waals surface area contributed by atoms with Crippen molar-refractivity contribution >= 4 is 17.2 Å². The third-order valence-electron chi connectivity index (χ3n) is 4.75. The van der Waals surface area contributed by atoms with Crippen molar-refractivity contribution in [2.75, 3.05) is 13.1 Å². The van der Waals surface area contributed by atoms with Crippen LogP contribution in [0.3, 0.4) is 0 Å². The average Bonchev–Trinajstić information content (AvgIpc) is 3.05. The minimum Gasteiger partial charge on any atom is -0.337 e. The number of hydrogen-bond acceptors (Lipinski definition) is 3. The first-order valence-corrected chi connectivity index (χ1v) is 8.06. The standard InChI is InChI=1S/C15H22N2OS/c1-3-13-9(2)6-14(19-13)15(18)17-7-10-4-5-12(16)11(10)8-17/h6,10-12H,3-5,7-8,16H2,1-2H3. The summed E-state index contributed by atoms with van der Waals surface area (Å²) in [5.41, 5.74) is 7.39. The first-order chi connectivity index (χ1) is 9.10. The molecule has 3 atom stereocenters. The summed E-state index contributed by atoms with van der Waals surface area (Å²) in [5.74, 6) is 1.40. The largest absolute Gasteiger partial charge is 0.337 e. The topological polar surface area (TPSA) is 46.3 Å². The highest BCUT2D eigenvalue weighted by Crippen LogP contribution is 2.38. The number of nitrogens with zero attached hydrogens (tertiary/aromatic N) is 1. The van der Waals surface area contributed by atoms with E-state index in [2.05, 4.69) is 19.9 Å². The van der Waals surface area contributed by atoms with Gasteiger partial charge in [-0.25, -0.2) is 0 Å². The van der Waals surface area contributed by atoms with Gasteiger partial charge in [0.1, 0.15) is 0 Å². The van der Waals surface area contributed by atoms with Gasteiger partial charge in [0.05, 0.1) is 4.88 Å². The molecule has 1 aromatic rings. The first kappa shape index (κ1) is 13.1. The first-order valence-electron chi connectivity index (χ1n) is 7.24. The number of likely N-dealkylation sites (tertiary alicyclic amines) is 1. The minimum atomic E-state index is 0.217. The van der Waals surface area contributed by atoms with Crippen LogP contribution in [0.5, 0.6) is 0 Å². The van der Waals surface area contributed by atoms with E-state index in [-0.39, 0.29) is 5.91 Å². The molecule has 1 aliphatic heterocycles. The summed E-state index contributed by atoms with van der Waals surface area (Å²) in [4.78, 5) is 16.8. The maximum Gasteiger partial charge on any atom is 0.263 e. The molecule has 1 saturated carbocycles. The Bertz CT molecular complexity index is 496. The molecule has 19 heavy (non-hydrogen) atoms. The molecule has 0 aromatic carbocycles. The zero-order valence-corrected chi connectivity index (χ0v) is 12.5. The van der Waals surface area contributed by atoms with Crippen LogP contribution in [-0.4, -0.2) is 29.9 Å². The molecule has 0 bridgehead atoms. The van der Waals surface area contributed by atoms with Gasteiger partial charge < -0.3 is 10.6 Å². The fourth-order valence-electron chi connectivity index (χ4n) is 3.61. The SMILES string of the molecule is CCc1sc(C(=O)N2CC3CCC(N)C3C2)cc1C. The van der Waals surface area contributed by atoms with Crippen molar-refractivity contribution in [1.29, 1.82) is 0 Å². The molecule has 1 amide bonds. The number of amides is 1. The molecule has 2 N–H and O–H groups in total. The lowest BCUT2D eigenvalue weighted by molar-refractivity contribution is 0.0784. The van der Waals surface area contributed by atoms with Gasteiger partial charge in [0.15, 0.2) is 0 Å². The van der Waals surface area contributed by atoms with Gasteiger partial charge in [-0.15, -0.1) is 11.3 Å². The molecule has 2 aliphatic rings. The lowest BCUT2D eigenvalue weighted by Gasteiger charge is -2.17. The predicted molar refractivity (Wildman–Crippen MR) is 78.5 cm³/mol. The molecule has 3 nitrogen and oxygen atoms in total. The van der Waals surface area contributed by atoms with Gasteiger partial charge in [-0.2, -0.15) is 0 Å². The molecule has 1 saturated heterocycles. The maximum absolute atomic E-state index is 12.6. The van der Waals surface area contributed by atoms with Crippen LogP contribution in [0.1, 0.15) is 39.9 Å². The summed E-state index contributed by atoms with van der Waals surface area (Å²) in [6.45, 7) is 6.02. The molecule has 104 valence electrons. The molecule has 0 radical (unpaired) electrons. The van der Waals surface area contributed by atoms with E-state index in [0.29, 0.717) is 17.9 Å². The molecular formula is C15H22N2OS. The van der Waals surface area contributed by atoms with Crippen LogP contribution in [-0.2, 0) is 6.42 Å². The van der Waals surface area contributed by atoms with Gasteiger partial charge >= 0.3 is 0 Å². The molecule has 3 rings (SSSR count). The number of aryl methyl sites for hydroxylation is 2. The van der Waals surface area contributed by atoms with Crippen LogP contribution in [0, 0.1) is 18.8 Å². The molecule has 1 aliphatic carbocycles. The Kier molecular flexibility index (Phi) is 3.39. The highest BCUT2D eigenvalue weighted by molar-refractivity contribution is 7.14. The highest BCUT2D eigenvalue weighted by atomic mass is 32.1. The van der Waals surface area contributed by atoms with Crippen LogP contribution in [0.4, 0.5) is 0 Å². The number of carbonyl (C=O) groups is 1. The fraction of sp³-hybridized carbons (Fsp3) is 0.667. The van der Waals surface area contributed by atoms with Gasteiger partial charge in [-0.1, -0.05) is 6.92 Å². The van der Waals surface area contributed by atoms with Crippen molar-refractivity contribution in [1.82, 2.24) is 4.90 Å². The average molecular weight is 278 g/mol. The predicted octanol–water partition coefficient (Wildman–Crippen LogP) is 2.43. The van der Waals surface area contributed by atoms with Gasteiger partial charge in [0.25, 0.3) is 5.91 Å². The Morgan fingerprint density at radius 3 is 2.89 bits per heavy atom. The zero-order chi connectivity index (χ0) is 13.6. The normalized spacial score (nSPS) is 29.8. The van der Waals surface area contributed by atoms with Gasteiger partial charge in [-0.3, -0.25) is 4.79 Å². The molecule has 1 aromatic heterocycles. The van der Waals surface area contributed by atoms with Gasteiger partial charge in [0.2, 0.25) is 0 Å². The van der Waals surface area contributed by atoms with E-state index < -0.39 is 0 Å². The molecule has 2 fully saturated rings. The van der Waals surface area contributed by atoms with E-state index in [4.69, 9.17) is 5.73 Å². The number of carbonyl (C=O) groups excluding carboxylic acids is 1. The zero-order valence-electron chi connectivity index (χ0n) is 11.7. The van der Waals surface area contributed by atoms with Crippen molar-refractivity contribution in [3.63, 3.8) is 0 Å². The van der Waals surface area contributed by atoms with Crippen LogP contribution in [0.2, 0.25) is 0 Å². The summed E-state index contributed by atoms with van der Waals surface area (Å²) >= 11 is 1.66. The van der Waals surface area contributed by atoms with E-state index in [0.717, 1.165) is 30.8 Å². The third kappa shape index (κ3) is 2.21. The van der Waals surface area contributed by atoms with Crippen molar-refractivity contribution < 1.29 is 4.79 Å².